The maximum absolute atomic E-state index is 12.0. The Bertz CT molecular complexity index is 539. The molecule has 1 saturated heterocycles. The molecule has 2 atom stereocenters. The van der Waals surface area contributed by atoms with E-state index >= 15 is 0 Å². The summed E-state index contributed by atoms with van der Waals surface area (Å²) in [5.41, 5.74) is 6.97. The molecule has 0 radical (unpaired) electrons. The average molecular weight is 276 g/mol. The number of hydrogen-bond acceptors (Lipinski definition) is 4. The Kier molecular flexibility index (Phi) is 4.05. The van der Waals surface area contributed by atoms with E-state index in [4.69, 9.17) is 10.8 Å². The number of β-amino-alcohol motifs (C(OH)–C–C–N with tert-alkyl or cyclic N) is 1. The van der Waals surface area contributed by atoms with E-state index in [1.54, 1.807) is 30.3 Å². The number of nitrogens with zero attached hydrogens (tertiary/aromatic N) is 1. The van der Waals surface area contributed by atoms with E-state index in [2.05, 4.69) is 0 Å². The monoisotopic (exact) mass is 276 g/mol. The molecule has 0 aliphatic carbocycles. The summed E-state index contributed by atoms with van der Waals surface area (Å²) in [6, 6.07) is 5.97. The highest BCUT2D eigenvalue weighted by atomic mass is 16.4. The van der Waals surface area contributed by atoms with Crippen LogP contribution in [0, 0.1) is 0 Å². The Morgan fingerprint density at radius 1 is 1.30 bits per heavy atom. The van der Waals surface area contributed by atoms with Crippen molar-refractivity contribution in [3.8, 4) is 0 Å². The molecule has 0 saturated carbocycles. The summed E-state index contributed by atoms with van der Waals surface area (Å²) < 4.78 is 0. The summed E-state index contributed by atoms with van der Waals surface area (Å²) in [6.45, 7) is 0.0435. The summed E-state index contributed by atoms with van der Waals surface area (Å²) in [4.78, 5) is 24.2. The zero-order valence-electron chi connectivity index (χ0n) is 10.8. The van der Waals surface area contributed by atoms with E-state index in [0.29, 0.717) is 5.69 Å². The van der Waals surface area contributed by atoms with Crippen LogP contribution >= 0.6 is 0 Å². The van der Waals surface area contributed by atoms with Crippen LogP contribution in [0.2, 0.25) is 0 Å². The highest BCUT2D eigenvalue weighted by molar-refractivity contribution is 5.94. The van der Waals surface area contributed by atoms with Crippen molar-refractivity contribution in [1.29, 1.82) is 0 Å². The highest BCUT2D eigenvalue weighted by Crippen LogP contribution is 2.19. The van der Waals surface area contributed by atoms with Gasteiger partial charge in [-0.25, -0.2) is 4.79 Å². The number of benzene rings is 1. The molecule has 6 heteroatoms. The fourth-order valence-corrected chi connectivity index (χ4v) is 2.16. The second-order valence-electron chi connectivity index (χ2n) is 4.73. The van der Waals surface area contributed by atoms with Crippen LogP contribution in [0.1, 0.15) is 12.0 Å². The van der Waals surface area contributed by atoms with Gasteiger partial charge in [0.15, 0.2) is 0 Å². The van der Waals surface area contributed by atoms with E-state index in [9.17, 15) is 14.7 Å². The highest BCUT2D eigenvalue weighted by Gasteiger charge is 2.37. The number of nitrogens with two attached hydrogens (primary N) is 1. The van der Waals surface area contributed by atoms with Gasteiger partial charge in [-0.3, -0.25) is 4.79 Å². The first-order valence-corrected chi connectivity index (χ1v) is 6.22. The number of hydrogen-bond donors (Lipinski definition) is 3. The average Bonchev–Trinajstić information content (AvgIpc) is 2.80. The van der Waals surface area contributed by atoms with Gasteiger partial charge in [0, 0.05) is 24.7 Å². The lowest BCUT2D eigenvalue weighted by atomic mass is 10.2. The fourth-order valence-electron chi connectivity index (χ4n) is 2.16. The van der Waals surface area contributed by atoms with Gasteiger partial charge in [0.1, 0.15) is 6.04 Å². The van der Waals surface area contributed by atoms with Gasteiger partial charge >= 0.3 is 5.97 Å². The smallest absolute Gasteiger partial charge is 0.326 e. The van der Waals surface area contributed by atoms with E-state index in [1.165, 1.54) is 11.0 Å². The van der Waals surface area contributed by atoms with Crippen molar-refractivity contribution in [1.82, 2.24) is 4.90 Å². The van der Waals surface area contributed by atoms with Gasteiger partial charge in [0.05, 0.1) is 6.10 Å². The van der Waals surface area contributed by atoms with Crippen molar-refractivity contribution in [2.45, 2.75) is 18.6 Å². The van der Waals surface area contributed by atoms with Gasteiger partial charge in [-0.05, 0) is 23.8 Å². The molecular formula is C14H16N2O4. The van der Waals surface area contributed by atoms with E-state index < -0.39 is 24.0 Å². The number of carbonyl (C=O) groups is 2. The number of carbonyl (C=O) groups excluding carboxylic acids is 1. The van der Waals surface area contributed by atoms with Gasteiger partial charge < -0.3 is 20.8 Å². The molecule has 1 amide bonds. The Hall–Kier alpha value is -2.34. The lowest BCUT2D eigenvalue weighted by Crippen LogP contribution is -2.39. The number of likely N-dealkylation sites (tertiary alicyclic amines) is 1. The van der Waals surface area contributed by atoms with Crippen molar-refractivity contribution in [2.75, 3.05) is 12.3 Å². The summed E-state index contributed by atoms with van der Waals surface area (Å²) in [7, 11) is 0. The molecule has 1 heterocycles. The minimum atomic E-state index is -1.10. The van der Waals surface area contributed by atoms with E-state index in [-0.39, 0.29) is 13.0 Å². The number of aliphatic hydroxyl groups is 1. The summed E-state index contributed by atoms with van der Waals surface area (Å²) in [5, 5.41) is 18.5. The zero-order valence-corrected chi connectivity index (χ0v) is 10.8. The maximum atomic E-state index is 12.0. The first-order valence-electron chi connectivity index (χ1n) is 6.22. The number of nitrogen functional groups attached to an aromatic ring is 1. The Labute approximate surface area is 116 Å². The van der Waals surface area contributed by atoms with Crippen LogP contribution < -0.4 is 5.73 Å². The number of aliphatic hydroxyl groups excluding tert-OH is 1. The molecule has 2 rings (SSSR count). The molecule has 20 heavy (non-hydrogen) atoms. The van der Waals surface area contributed by atoms with Crippen molar-refractivity contribution in [2.24, 2.45) is 0 Å². The maximum Gasteiger partial charge on any atom is 0.326 e. The summed E-state index contributed by atoms with van der Waals surface area (Å²) in [5.74, 6) is -1.53. The number of amides is 1. The molecule has 6 nitrogen and oxygen atoms in total. The Morgan fingerprint density at radius 3 is 2.55 bits per heavy atom. The molecule has 1 aromatic rings. The standard InChI is InChI=1S/C14H16N2O4/c15-10-4-1-9(2-5-10)3-6-13(18)16-8-11(17)7-12(16)14(19)20/h1-6,11-12,17H,7-8,15H2,(H,19,20)/b6-3+. The first kappa shape index (κ1) is 14.1. The van der Waals surface area contributed by atoms with E-state index in [0.717, 1.165) is 5.56 Å². The normalized spacial score (nSPS) is 22.4. The van der Waals surface area contributed by atoms with Crippen LogP contribution in [0.3, 0.4) is 0 Å². The third-order valence-electron chi connectivity index (χ3n) is 3.20. The Balaban J connectivity index is 2.07. The molecule has 1 aliphatic heterocycles. The van der Waals surface area contributed by atoms with Crippen LogP contribution in [0.4, 0.5) is 5.69 Å². The topological polar surface area (TPSA) is 104 Å². The van der Waals surface area contributed by atoms with Gasteiger partial charge in [-0.15, -0.1) is 0 Å². The van der Waals surface area contributed by atoms with Crippen LogP contribution in [-0.4, -0.2) is 45.7 Å². The second kappa shape index (κ2) is 5.75. The largest absolute Gasteiger partial charge is 0.480 e. The number of anilines is 1. The predicted octanol–water partition coefficient (Wildman–Crippen LogP) is 0.328. The molecule has 2 unspecified atom stereocenters. The lowest BCUT2D eigenvalue weighted by Gasteiger charge is -2.19. The van der Waals surface area contributed by atoms with Crippen LogP contribution in [0.25, 0.3) is 6.08 Å². The molecule has 0 aromatic heterocycles. The molecule has 1 aromatic carbocycles. The SMILES string of the molecule is Nc1ccc(/C=C/C(=O)N2CC(O)CC2C(=O)O)cc1. The van der Waals surface area contributed by atoms with Gasteiger partial charge in [0.2, 0.25) is 5.91 Å². The molecule has 0 bridgehead atoms. The molecule has 1 aliphatic rings. The lowest BCUT2D eigenvalue weighted by molar-refractivity contribution is -0.146. The van der Waals surface area contributed by atoms with Gasteiger partial charge in [-0.1, -0.05) is 12.1 Å². The third-order valence-corrected chi connectivity index (χ3v) is 3.20. The third kappa shape index (κ3) is 3.16. The van der Waals surface area contributed by atoms with Crippen LogP contribution in [-0.2, 0) is 9.59 Å². The number of rotatable bonds is 3. The van der Waals surface area contributed by atoms with Crippen molar-refractivity contribution < 1.29 is 19.8 Å². The Morgan fingerprint density at radius 2 is 1.95 bits per heavy atom. The van der Waals surface area contributed by atoms with Crippen LogP contribution in [0.5, 0.6) is 0 Å². The van der Waals surface area contributed by atoms with Gasteiger partial charge in [0.25, 0.3) is 0 Å². The van der Waals surface area contributed by atoms with E-state index in [1.807, 2.05) is 0 Å². The van der Waals surface area contributed by atoms with Crippen LogP contribution in [0.15, 0.2) is 30.3 Å². The summed E-state index contributed by atoms with van der Waals surface area (Å²) in [6.07, 6.45) is 2.17. The molecule has 0 spiro atoms. The molecule has 4 N–H and O–H groups in total. The minimum Gasteiger partial charge on any atom is -0.480 e. The molecular weight excluding hydrogens is 260 g/mol. The quantitative estimate of drug-likeness (QED) is 0.545. The number of carboxylic acids is 1. The zero-order chi connectivity index (χ0) is 14.7. The van der Waals surface area contributed by atoms with Crippen molar-refractivity contribution in [3.63, 3.8) is 0 Å². The molecule has 106 valence electrons. The molecule has 1 fully saturated rings. The fraction of sp³-hybridized carbons (Fsp3) is 0.286. The first-order chi connectivity index (χ1) is 9.47. The van der Waals surface area contributed by atoms with Crippen molar-refractivity contribution >= 4 is 23.6 Å². The predicted molar refractivity (Wildman–Crippen MR) is 73.6 cm³/mol. The van der Waals surface area contributed by atoms with Gasteiger partial charge in [-0.2, -0.15) is 0 Å². The second-order valence-corrected chi connectivity index (χ2v) is 4.73. The number of carboxylic acid groups (broad SMARTS) is 1. The summed E-state index contributed by atoms with van der Waals surface area (Å²) >= 11 is 0. The minimum absolute atomic E-state index is 0.0435. The van der Waals surface area contributed by atoms with Crippen molar-refractivity contribution in [3.05, 3.63) is 35.9 Å². The number of aliphatic carboxylic acids is 1.